The molecule has 0 heterocycles. The van der Waals surface area contributed by atoms with E-state index in [1.54, 1.807) is 12.1 Å². The standard InChI is InChI=1S/C22H22N2O3/c1-16-8-2-6-12-20(16)27-21-13-7-5-11-19(21)24-22(26)23-18-10-4-3-9-17(18)14-15-25/h2-13,25H,14-15H2,1H3,(H2,23,24,26). The van der Waals surface area contributed by atoms with Crippen LogP contribution in [0.1, 0.15) is 11.1 Å². The first-order valence-corrected chi connectivity index (χ1v) is 8.76. The van der Waals surface area contributed by atoms with Crippen molar-refractivity contribution < 1.29 is 14.6 Å². The van der Waals surface area contributed by atoms with Gasteiger partial charge in [0.15, 0.2) is 5.75 Å². The number of carbonyl (C=O) groups is 1. The summed E-state index contributed by atoms with van der Waals surface area (Å²) in [5.74, 6) is 1.30. The Kier molecular flexibility index (Phi) is 6.07. The number of aliphatic hydroxyl groups is 1. The number of aryl methyl sites for hydroxylation is 1. The second kappa shape index (κ2) is 8.87. The molecule has 0 aliphatic carbocycles. The van der Waals surface area contributed by atoms with Crippen LogP contribution in [0.2, 0.25) is 0 Å². The third-order valence-corrected chi connectivity index (χ3v) is 4.10. The molecule has 5 heteroatoms. The van der Waals surface area contributed by atoms with Crippen molar-refractivity contribution in [2.45, 2.75) is 13.3 Å². The van der Waals surface area contributed by atoms with Crippen LogP contribution in [-0.4, -0.2) is 17.7 Å². The number of aliphatic hydroxyl groups excluding tert-OH is 1. The van der Waals surface area contributed by atoms with Crippen LogP contribution < -0.4 is 15.4 Å². The van der Waals surface area contributed by atoms with Crippen molar-refractivity contribution >= 4 is 17.4 Å². The smallest absolute Gasteiger partial charge is 0.323 e. The van der Waals surface area contributed by atoms with Gasteiger partial charge in [0, 0.05) is 12.3 Å². The van der Waals surface area contributed by atoms with E-state index in [1.165, 1.54) is 0 Å². The summed E-state index contributed by atoms with van der Waals surface area (Å²) in [4.78, 5) is 12.5. The van der Waals surface area contributed by atoms with Gasteiger partial charge in [-0.25, -0.2) is 4.79 Å². The van der Waals surface area contributed by atoms with Crippen LogP contribution in [0.15, 0.2) is 72.8 Å². The predicted molar refractivity (Wildman–Crippen MR) is 108 cm³/mol. The Balaban J connectivity index is 1.75. The highest BCUT2D eigenvalue weighted by Gasteiger charge is 2.11. The number of hydrogen-bond acceptors (Lipinski definition) is 3. The van der Waals surface area contributed by atoms with Crippen LogP contribution in [0.25, 0.3) is 0 Å². The van der Waals surface area contributed by atoms with E-state index in [4.69, 9.17) is 9.84 Å². The van der Waals surface area contributed by atoms with Crippen LogP contribution in [0.3, 0.4) is 0 Å². The minimum atomic E-state index is -0.374. The molecule has 0 unspecified atom stereocenters. The number of ether oxygens (including phenoxy) is 1. The maximum Gasteiger partial charge on any atom is 0.323 e. The monoisotopic (exact) mass is 362 g/mol. The van der Waals surface area contributed by atoms with Crippen molar-refractivity contribution in [1.82, 2.24) is 0 Å². The van der Waals surface area contributed by atoms with E-state index >= 15 is 0 Å². The van der Waals surface area contributed by atoms with Crippen molar-refractivity contribution in [3.63, 3.8) is 0 Å². The van der Waals surface area contributed by atoms with Crippen LogP contribution in [-0.2, 0) is 6.42 Å². The number of carbonyl (C=O) groups excluding carboxylic acids is 1. The Morgan fingerprint density at radius 2 is 1.44 bits per heavy atom. The van der Waals surface area contributed by atoms with Gasteiger partial charge in [0.1, 0.15) is 5.75 Å². The number of para-hydroxylation sites is 4. The molecule has 2 amide bonds. The number of anilines is 2. The number of rotatable bonds is 6. The average Bonchev–Trinajstić information content (AvgIpc) is 2.67. The minimum absolute atomic E-state index is 0.0212. The fourth-order valence-corrected chi connectivity index (χ4v) is 2.70. The summed E-state index contributed by atoms with van der Waals surface area (Å²) in [6.07, 6.45) is 0.476. The molecule has 0 saturated heterocycles. The topological polar surface area (TPSA) is 70.6 Å². The van der Waals surface area contributed by atoms with Gasteiger partial charge in [0.05, 0.1) is 5.69 Å². The zero-order chi connectivity index (χ0) is 19.1. The van der Waals surface area contributed by atoms with E-state index in [0.717, 1.165) is 16.9 Å². The van der Waals surface area contributed by atoms with E-state index in [2.05, 4.69) is 10.6 Å². The third kappa shape index (κ3) is 4.86. The zero-order valence-corrected chi connectivity index (χ0v) is 15.1. The molecule has 3 N–H and O–H groups in total. The number of hydrogen-bond donors (Lipinski definition) is 3. The number of urea groups is 1. The molecular weight excluding hydrogens is 340 g/mol. The van der Waals surface area contributed by atoms with Crippen LogP contribution in [0, 0.1) is 6.92 Å². The van der Waals surface area contributed by atoms with Gasteiger partial charge in [0.2, 0.25) is 0 Å². The Hall–Kier alpha value is -3.31. The number of amides is 2. The van der Waals surface area contributed by atoms with Gasteiger partial charge in [-0.15, -0.1) is 0 Å². The number of benzene rings is 3. The lowest BCUT2D eigenvalue weighted by Crippen LogP contribution is -2.20. The van der Waals surface area contributed by atoms with Crippen molar-refractivity contribution in [2.75, 3.05) is 17.2 Å². The van der Waals surface area contributed by atoms with Crippen molar-refractivity contribution in [1.29, 1.82) is 0 Å². The van der Waals surface area contributed by atoms with E-state index in [1.807, 2.05) is 67.6 Å². The summed E-state index contributed by atoms with van der Waals surface area (Å²) in [7, 11) is 0. The Labute approximate surface area is 158 Å². The van der Waals surface area contributed by atoms with Crippen LogP contribution >= 0.6 is 0 Å². The Bertz CT molecular complexity index is 925. The molecule has 0 radical (unpaired) electrons. The van der Waals surface area contributed by atoms with Gasteiger partial charge in [-0.1, -0.05) is 48.5 Å². The fourth-order valence-electron chi connectivity index (χ4n) is 2.70. The number of nitrogens with one attached hydrogen (secondary N) is 2. The lowest BCUT2D eigenvalue weighted by molar-refractivity contribution is 0.262. The minimum Gasteiger partial charge on any atom is -0.455 e. The molecule has 3 aromatic rings. The Morgan fingerprint density at radius 1 is 0.852 bits per heavy atom. The van der Waals surface area contributed by atoms with Gasteiger partial charge in [-0.05, 0) is 48.7 Å². The maximum atomic E-state index is 12.5. The van der Waals surface area contributed by atoms with Gasteiger partial charge in [0.25, 0.3) is 0 Å². The lowest BCUT2D eigenvalue weighted by Gasteiger charge is -2.15. The Morgan fingerprint density at radius 3 is 2.19 bits per heavy atom. The van der Waals surface area contributed by atoms with Gasteiger partial charge >= 0.3 is 6.03 Å². The van der Waals surface area contributed by atoms with E-state index in [9.17, 15) is 4.79 Å². The van der Waals surface area contributed by atoms with Crippen LogP contribution in [0.4, 0.5) is 16.2 Å². The molecule has 0 bridgehead atoms. The quantitative estimate of drug-likeness (QED) is 0.580. The summed E-state index contributed by atoms with van der Waals surface area (Å²) in [6.45, 7) is 1.99. The lowest BCUT2D eigenvalue weighted by atomic mass is 10.1. The van der Waals surface area contributed by atoms with Crippen molar-refractivity contribution in [3.05, 3.63) is 83.9 Å². The first-order chi connectivity index (χ1) is 13.2. The van der Waals surface area contributed by atoms with E-state index in [-0.39, 0.29) is 12.6 Å². The zero-order valence-electron chi connectivity index (χ0n) is 15.1. The molecule has 0 saturated carbocycles. The molecular formula is C22H22N2O3. The average molecular weight is 362 g/mol. The first-order valence-electron chi connectivity index (χ1n) is 8.76. The van der Waals surface area contributed by atoms with Crippen molar-refractivity contribution in [2.24, 2.45) is 0 Å². The molecule has 0 spiro atoms. The largest absolute Gasteiger partial charge is 0.455 e. The highest BCUT2D eigenvalue weighted by molar-refractivity contribution is 6.01. The SMILES string of the molecule is Cc1ccccc1Oc1ccccc1NC(=O)Nc1ccccc1CCO. The highest BCUT2D eigenvalue weighted by atomic mass is 16.5. The van der Waals surface area contributed by atoms with Gasteiger partial charge < -0.3 is 20.5 Å². The summed E-state index contributed by atoms with van der Waals surface area (Å²) >= 11 is 0. The fraction of sp³-hybridized carbons (Fsp3) is 0.136. The maximum absolute atomic E-state index is 12.5. The molecule has 3 aromatic carbocycles. The molecule has 0 atom stereocenters. The molecule has 138 valence electrons. The second-order valence-corrected chi connectivity index (χ2v) is 6.07. The first kappa shape index (κ1) is 18.5. The molecule has 3 rings (SSSR count). The molecule has 5 nitrogen and oxygen atoms in total. The van der Waals surface area contributed by atoms with Gasteiger partial charge in [-0.2, -0.15) is 0 Å². The third-order valence-electron chi connectivity index (χ3n) is 4.10. The highest BCUT2D eigenvalue weighted by Crippen LogP contribution is 2.31. The predicted octanol–water partition coefficient (Wildman–Crippen LogP) is 4.97. The summed E-state index contributed by atoms with van der Waals surface area (Å²) in [5, 5.41) is 14.8. The molecule has 0 aromatic heterocycles. The van der Waals surface area contributed by atoms with E-state index < -0.39 is 0 Å². The van der Waals surface area contributed by atoms with E-state index in [0.29, 0.717) is 23.5 Å². The molecule has 27 heavy (non-hydrogen) atoms. The van der Waals surface area contributed by atoms with Crippen molar-refractivity contribution in [3.8, 4) is 11.5 Å². The molecule has 0 aliphatic heterocycles. The van der Waals surface area contributed by atoms with Crippen LogP contribution in [0.5, 0.6) is 11.5 Å². The summed E-state index contributed by atoms with van der Waals surface area (Å²) in [5.41, 5.74) is 3.12. The second-order valence-electron chi connectivity index (χ2n) is 6.07. The molecule has 0 aliphatic rings. The molecule has 0 fully saturated rings. The van der Waals surface area contributed by atoms with Gasteiger partial charge in [-0.3, -0.25) is 0 Å². The summed E-state index contributed by atoms with van der Waals surface area (Å²) in [6, 6.07) is 22.0. The normalized spacial score (nSPS) is 10.3. The summed E-state index contributed by atoms with van der Waals surface area (Å²) < 4.78 is 5.98.